The first kappa shape index (κ1) is 22.3. The zero-order valence-electron chi connectivity index (χ0n) is 19.2. The number of hydrogen-bond donors (Lipinski definition) is 2. The van der Waals surface area contributed by atoms with E-state index >= 15 is 0 Å². The lowest BCUT2D eigenvalue weighted by molar-refractivity contribution is 0.0697. The van der Waals surface area contributed by atoms with Gasteiger partial charge in [0.05, 0.1) is 6.26 Å². The van der Waals surface area contributed by atoms with E-state index in [2.05, 4.69) is 56.4 Å². The van der Waals surface area contributed by atoms with Crippen LogP contribution in [0.5, 0.6) is 0 Å². The number of tetrazole rings is 1. The number of nitrogens with zero attached hydrogens (tertiary/aromatic N) is 5. The number of rotatable bonds is 9. The van der Waals surface area contributed by atoms with Gasteiger partial charge in [-0.2, -0.15) is 5.21 Å². The van der Waals surface area contributed by atoms with Crippen LogP contribution in [-0.4, -0.2) is 41.3 Å². The van der Waals surface area contributed by atoms with Crippen LogP contribution in [0.3, 0.4) is 0 Å². The van der Waals surface area contributed by atoms with Crippen molar-refractivity contribution in [2.75, 3.05) is 0 Å². The Morgan fingerprint density at radius 1 is 1.09 bits per heavy atom. The van der Waals surface area contributed by atoms with E-state index in [-0.39, 0.29) is 11.3 Å². The molecule has 5 aromatic rings. The van der Waals surface area contributed by atoms with E-state index in [1.807, 2.05) is 30.5 Å². The van der Waals surface area contributed by atoms with Crippen LogP contribution in [0.4, 0.5) is 0 Å². The minimum absolute atomic E-state index is 0.112. The van der Waals surface area contributed by atoms with Crippen LogP contribution >= 0.6 is 0 Å². The van der Waals surface area contributed by atoms with Gasteiger partial charge in [-0.05, 0) is 34.4 Å². The van der Waals surface area contributed by atoms with Crippen molar-refractivity contribution in [1.82, 2.24) is 30.2 Å². The SMILES string of the molecule is CCCCc1nc(-c2occc2C(=O)O)cn1Cc1ccc(-c2ccccc2-c2nn[nH]n2)cc1. The van der Waals surface area contributed by atoms with Crippen LogP contribution in [0.1, 0.15) is 41.5 Å². The number of carboxylic acid groups (broad SMARTS) is 1. The molecular formula is C26H24N6O3. The first-order valence-electron chi connectivity index (χ1n) is 11.4. The fraction of sp³-hybridized carbons (Fsp3) is 0.192. The number of aromatic carboxylic acids is 1. The Hall–Kier alpha value is -4.53. The Morgan fingerprint density at radius 2 is 1.89 bits per heavy atom. The second-order valence-corrected chi connectivity index (χ2v) is 8.22. The maximum atomic E-state index is 11.6. The number of carbonyl (C=O) groups is 1. The van der Waals surface area contributed by atoms with Gasteiger partial charge in [0.15, 0.2) is 5.76 Å². The average molecular weight is 469 g/mol. The Kier molecular flexibility index (Phi) is 6.21. The number of unbranched alkanes of at least 4 members (excludes halogenated alkanes) is 1. The first-order valence-corrected chi connectivity index (χ1v) is 11.4. The van der Waals surface area contributed by atoms with Crippen molar-refractivity contribution in [3.63, 3.8) is 0 Å². The van der Waals surface area contributed by atoms with Gasteiger partial charge < -0.3 is 14.1 Å². The third-order valence-electron chi connectivity index (χ3n) is 5.87. The van der Waals surface area contributed by atoms with E-state index in [4.69, 9.17) is 9.40 Å². The Balaban J connectivity index is 1.43. The summed E-state index contributed by atoms with van der Waals surface area (Å²) >= 11 is 0. The van der Waals surface area contributed by atoms with Crippen LogP contribution in [-0.2, 0) is 13.0 Å². The van der Waals surface area contributed by atoms with Gasteiger partial charge in [0.25, 0.3) is 0 Å². The van der Waals surface area contributed by atoms with Gasteiger partial charge in [-0.3, -0.25) is 0 Å². The molecule has 0 fully saturated rings. The van der Waals surface area contributed by atoms with Gasteiger partial charge in [-0.15, -0.1) is 10.2 Å². The van der Waals surface area contributed by atoms with E-state index in [1.54, 1.807) is 0 Å². The van der Waals surface area contributed by atoms with Crippen molar-refractivity contribution in [1.29, 1.82) is 0 Å². The van der Waals surface area contributed by atoms with E-state index < -0.39 is 5.97 Å². The second kappa shape index (κ2) is 9.76. The third-order valence-corrected chi connectivity index (χ3v) is 5.87. The molecule has 0 amide bonds. The molecular weight excluding hydrogens is 444 g/mol. The normalized spacial score (nSPS) is 11.1. The summed E-state index contributed by atoms with van der Waals surface area (Å²) < 4.78 is 7.54. The standard InChI is InChI=1S/C26H24N6O3/c1-2-3-8-23-27-22(24-21(26(33)34)13-14-35-24)16-32(23)15-17-9-11-18(12-10-17)19-6-4-5-7-20(19)25-28-30-31-29-25/h4-7,9-14,16H,2-3,8,15H2,1H3,(H,33,34)(H,28,29,30,31). The third kappa shape index (κ3) is 4.61. The molecule has 0 aliphatic carbocycles. The molecule has 9 nitrogen and oxygen atoms in total. The number of hydrogen-bond acceptors (Lipinski definition) is 6. The molecule has 0 aliphatic rings. The number of carboxylic acids is 1. The van der Waals surface area contributed by atoms with E-state index in [9.17, 15) is 9.90 Å². The molecule has 0 unspecified atom stereocenters. The van der Waals surface area contributed by atoms with Crippen molar-refractivity contribution < 1.29 is 14.3 Å². The fourth-order valence-electron chi connectivity index (χ4n) is 4.10. The lowest BCUT2D eigenvalue weighted by Gasteiger charge is -2.10. The predicted octanol–water partition coefficient (Wildman–Crippen LogP) is 5.08. The molecule has 0 atom stereocenters. The topological polar surface area (TPSA) is 123 Å². The molecule has 9 heteroatoms. The maximum absolute atomic E-state index is 11.6. The monoisotopic (exact) mass is 468 g/mol. The lowest BCUT2D eigenvalue weighted by atomic mass is 9.98. The quantitative estimate of drug-likeness (QED) is 0.309. The maximum Gasteiger partial charge on any atom is 0.339 e. The van der Waals surface area contributed by atoms with Crippen LogP contribution in [0.2, 0.25) is 0 Å². The van der Waals surface area contributed by atoms with Crippen LogP contribution in [0.25, 0.3) is 34.0 Å². The molecule has 2 aromatic carbocycles. The summed E-state index contributed by atoms with van der Waals surface area (Å²) in [4.78, 5) is 16.3. The Morgan fingerprint density at radius 3 is 2.60 bits per heavy atom. The highest BCUT2D eigenvalue weighted by Gasteiger charge is 2.19. The van der Waals surface area contributed by atoms with Gasteiger partial charge >= 0.3 is 5.97 Å². The number of nitrogens with one attached hydrogen (secondary N) is 1. The van der Waals surface area contributed by atoms with E-state index in [1.165, 1.54) is 12.3 Å². The molecule has 0 spiro atoms. The Labute approximate surface area is 201 Å². The molecule has 0 radical (unpaired) electrons. The summed E-state index contributed by atoms with van der Waals surface area (Å²) in [5.41, 5.74) is 4.72. The number of aryl methyl sites for hydroxylation is 1. The predicted molar refractivity (Wildman–Crippen MR) is 130 cm³/mol. The van der Waals surface area contributed by atoms with Crippen molar-refractivity contribution in [2.24, 2.45) is 0 Å². The molecule has 176 valence electrons. The molecule has 3 aromatic heterocycles. The molecule has 35 heavy (non-hydrogen) atoms. The van der Waals surface area contributed by atoms with E-state index in [0.717, 1.165) is 47.3 Å². The molecule has 0 saturated carbocycles. The summed E-state index contributed by atoms with van der Waals surface area (Å²) in [5.74, 6) is 0.702. The lowest BCUT2D eigenvalue weighted by Crippen LogP contribution is -2.04. The van der Waals surface area contributed by atoms with E-state index in [0.29, 0.717) is 18.1 Å². The van der Waals surface area contributed by atoms with Crippen LogP contribution in [0.15, 0.2) is 71.5 Å². The van der Waals surface area contributed by atoms with Crippen molar-refractivity contribution in [2.45, 2.75) is 32.7 Å². The zero-order chi connectivity index (χ0) is 24.2. The Bertz CT molecular complexity index is 1430. The zero-order valence-corrected chi connectivity index (χ0v) is 19.2. The van der Waals surface area contributed by atoms with Gasteiger partial charge in [0, 0.05) is 24.7 Å². The summed E-state index contributed by atoms with van der Waals surface area (Å²) in [6, 6.07) is 17.7. The number of aromatic nitrogens is 6. The highest BCUT2D eigenvalue weighted by atomic mass is 16.4. The van der Waals surface area contributed by atoms with Gasteiger partial charge in [-0.25, -0.2) is 9.78 Å². The average Bonchev–Trinajstić information content (AvgIpc) is 3.64. The van der Waals surface area contributed by atoms with Crippen molar-refractivity contribution in [3.05, 3.63) is 84.0 Å². The summed E-state index contributed by atoms with van der Waals surface area (Å²) in [5, 5.41) is 23.9. The molecule has 5 rings (SSSR count). The van der Waals surface area contributed by atoms with Crippen molar-refractivity contribution in [3.8, 4) is 34.0 Å². The number of aromatic amines is 1. The highest BCUT2D eigenvalue weighted by molar-refractivity contribution is 5.93. The minimum Gasteiger partial charge on any atom is -0.478 e. The minimum atomic E-state index is -1.03. The van der Waals surface area contributed by atoms with Crippen LogP contribution < -0.4 is 0 Å². The molecule has 0 bridgehead atoms. The largest absolute Gasteiger partial charge is 0.478 e. The smallest absolute Gasteiger partial charge is 0.339 e. The molecule has 2 N–H and O–H groups in total. The van der Waals surface area contributed by atoms with Crippen molar-refractivity contribution >= 4 is 5.97 Å². The van der Waals surface area contributed by atoms with Gasteiger partial charge in [0.2, 0.25) is 5.82 Å². The van der Waals surface area contributed by atoms with Crippen LogP contribution in [0, 0.1) is 0 Å². The fourth-order valence-corrected chi connectivity index (χ4v) is 4.10. The summed E-state index contributed by atoms with van der Waals surface area (Å²) in [6.45, 7) is 2.75. The summed E-state index contributed by atoms with van der Waals surface area (Å²) in [6.07, 6.45) is 6.09. The molecule has 0 aliphatic heterocycles. The number of furan rings is 1. The number of benzene rings is 2. The van der Waals surface area contributed by atoms with Gasteiger partial charge in [0.1, 0.15) is 17.1 Å². The highest BCUT2D eigenvalue weighted by Crippen LogP contribution is 2.30. The summed E-state index contributed by atoms with van der Waals surface area (Å²) in [7, 11) is 0. The second-order valence-electron chi connectivity index (χ2n) is 8.22. The van der Waals surface area contributed by atoms with Gasteiger partial charge in [-0.1, -0.05) is 61.9 Å². The molecule has 0 saturated heterocycles. The molecule has 3 heterocycles. The number of imidazole rings is 1. The number of H-pyrrole nitrogens is 1. The first-order chi connectivity index (χ1) is 17.1.